The summed E-state index contributed by atoms with van der Waals surface area (Å²) in [5.41, 5.74) is 7.45. The van der Waals surface area contributed by atoms with Gasteiger partial charge < -0.3 is 97.2 Å². The molecule has 0 bridgehead atoms. The van der Waals surface area contributed by atoms with E-state index in [-0.39, 0.29) is 23.5 Å². The number of carbonyl (C=O) groups excluding carboxylic acids is 8. The number of nitrogens with two attached hydrogens (primary N) is 1. The average Bonchev–Trinajstić information content (AvgIpc) is 2.83. The summed E-state index contributed by atoms with van der Waals surface area (Å²) in [5, 5.41) is 135. The lowest BCUT2D eigenvalue weighted by Gasteiger charge is -2.34. The van der Waals surface area contributed by atoms with Gasteiger partial charge in [0.15, 0.2) is 17.7 Å². The van der Waals surface area contributed by atoms with Gasteiger partial charge in [-0.3, -0.25) is 38.4 Å². The molecule has 4 saturated heterocycles. The van der Waals surface area contributed by atoms with Gasteiger partial charge in [-0.25, -0.2) is 5.26 Å². The Labute approximate surface area is 515 Å². The Hall–Kier alpha value is -7.71. The van der Waals surface area contributed by atoms with Crippen LogP contribution in [0.5, 0.6) is 11.5 Å². The summed E-state index contributed by atoms with van der Waals surface area (Å²) in [5.74, 6) is -12.7. The number of primary amides is 1. The Kier molecular flexibility index (Phi) is 22.5. The molecule has 0 aliphatic carbocycles. The van der Waals surface area contributed by atoms with Gasteiger partial charge >= 0.3 is 0 Å². The molecule has 4 fully saturated rings. The van der Waals surface area contributed by atoms with E-state index in [0.29, 0.717) is 25.4 Å². The third-order valence-electron chi connectivity index (χ3n) is 15.7. The van der Waals surface area contributed by atoms with Crippen molar-refractivity contribution in [1.82, 2.24) is 46.6 Å². The second-order valence-electron chi connectivity index (χ2n) is 22.1. The lowest BCUT2D eigenvalue weighted by atomic mass is 9.96. The van der Waals surface area contributed by atoms with E-state index in [2.05, 4.69) is 45.7 Å². The van der Waals surface area contributed by atoms with Gasteiger partial charge in [-0.05, 0) is 80.3 Å². The van der Waals surface area contributed by atoms with E-state index < -0.39 is 182 Å². The molecule has 17 N–H and O–H groups in total. The zero-order valence-electron chi connectivity index (χ0n) is 47.7. The maximum absolute atomic E-state index is 14.7. The second kappa shape index (κ2) is 29.7. The number of hydrogen-bond donors (Lipinski definition) is 16. The van der Waals surface area contributed by atoms with Gasteiger partial charge in [0.05, 0.1) is 30.8 Å². The van der Waals surface area contributed by atoms with Crippen molar-refractivity contribution in [3.05, 3.63) is 77.9 Å². The first-order valence-electron chi connectivity index (χ1n) is 28.1. The molecular formula is C55H69N11O21S2. The van der Waals surface area contributed by atoms with E-state index in [4.69, 9.17) is 15.2 Å². The van der Waals surface area contributed by atoms with Crippen LogP contribution in [0.3, 0.4) is 0 Å². The van der Waals surface area contributed by atoms with Gasteiger partial charge in [-0.15, -0.1) is 10.2 Å². The number of piperidine rings is 1. The molecule has 15 atom stereocenters. The van der Waals surface area contributed by atoms with Crippen LogP contribution in [-0.4, -0.2) is 224 Å². The first-order chi connectivity index (χ1) is 42.3. The number of aromatic hydroxyl groups is 1. The van der Waals surface area contributed by atoms with Gasteiger partial charge in [0.2, 0.25) is 41.4 Å². The Morgan fingerprint density at radius 1 is 0.764 bits per heavy atom. The molecule has 34 heteroatoms. The fraction of sp³-hybridized carbons (Fsp3) is 0.491. The highest BCUT2D eigenvalue weighted by molar-refractivity contribution is 7.90. The van der Waals surface area contributed by atoms with E-state index in [0.717, 1.165) is 62.3 Å². The minimum Gasteiger partial charge on any atom is -0.504 e. The molecule has 32 nitrogen and oxygen atoms in total. The summed E-state index contributed by atoms with van der Waals surface area (Å²) in [6.45, 7) is 3.18. The molecule has 4 aliphatic rings. The van der Waals surface area contributed by atoms with Crippen molar-refractivity contribution in [3.8, 4) is 32.6 Å². The first-order valence-corrected chi connectivity index (χ1v) is 29.6. The number of carbonyl (C=O) groups is 8. The molecule has 1 aromatic heterocycles. The van der Waals surface area contributed by atoms with Crippen LogP contribution >= 0.6 is 23.7 Å². The highest BCUT2D eigenvalue weighted by Crippen LogP contribution is 2.35. The van der Waals surface area contributed by atoms with Crippen LogP contribution in [0.15, 0.2) is 66.7 Å². The Bertz CT molecular complexity index is 3200. The van der Waals surface area contributed by atoms with Gasteiger partial charge in [0.1, 0.15) is 64.6 Å². The number of hydrogen-bond acceptors (Lipinski definition) is 26. The SMILES string of the molecule is CC(O)C1NC(=O)C(NC(=O)c2ccc(-c3nnc(-c4ccc(N5CCCCC5)cc4)s3)cc2)CC(O)C(O)NC(=O)C2C(O)C(C)CN2C(=O)C(C(O)CC(N)=O)NC(=O)C(C(O)C(O)c2ccc(O)c(OSOOO)c2)NC(=O)C2CC(O)CN2C1=O. The summed E-state index contributed by atoms with van der Waals surface area (Å²) in [4.78, 5) is 117. The lowest BCUT2D eigenvalue weighted by Crippen LogP contribution is -2.64. The van der Waals surface area contributed by atoms with Crippen LogP contribution in [0.25, 0.3) is 21.1 Å². The van der Waals surface area contributed by atoms with Crippen LogP contribution in [0.1, 0.15) is 74.4 Å². The standard InChI is InChI=1S/C55H69N11O21S2/c1-24-22-66-42(43(24)73)51(81)61-49(79)36(71)20-32(57-46(76)26-6-8-27(9-7-26)52-62-63-53(88-52)28-10-13-30(14-11-28)64-16-4-3-5-17-64)47(77)58-39(25(2)67)54(82)65-23-31(68)19-33(65)48(78)60-41(50(80)59-40(55(66)83)35(70)21-38(56)72)45(75)44(74)29-12-15-34(69)37(18-29)85-89-87-86-84/h6-15,18,24-25,31-33,35-36,39-45,49,67-71,73-75,79,84H,3-5,16-17,19-23H2,1-2H3,(H2,56,72)(H,57,76)(H,58,77)(H,59,80)(H,60,78)(H,61,81). The quantitative estimate of drug-likeness (QED) is 0.0225. The minimum atomic E-state index is -2.56. The van der Waals surface area contributed by atoms with E-state index >= 15 is 0 Å². The number of fused-ring (bicyclic) bond motifs is 2. The summed E-state index contributed by atoms with van der Waals surface area (Å²) >= 11 is 1.26. The molecule has 482 valence electrons. The highest BCUT2D eigenvalue weighted by atomic mass is 32.2. The van der Waals surface area contributed by atoms with Crippen molar-refractivity contribution in [3.63, 3.8) is 0 Å². The van der Waals surface area contributed by atoms with Crippen LogP contribution in [0.2, 0.25) is 0 Å². The van der Waals surface area contributed by atoms with Crippen LogP contribution in [0, 0.1) is 5.92 Å². The molecule has 89 heavy (non-hydrogen) atoms. The molecule has 15 unspecified atom stereocenters. The molecule has 0 saturated carbocycles. The number of phenols is 1. The molecule has 0 radical (unpaired) electrons. The number of anilines is 1. The summed E-state index contributed by atoms with van der Waals surface area (Å²) in [7, 11) is 0. The molecule has 4 aromatic rings. The number of nitrogens with one attached hydrogen (secondary N) is 5. The number of rotatable bonds is 16. The zero-order valence-corrected chi connectivity index (χ0v) is 49.3. The largest absolute Gasteiger partial charge is 0.504 e. The predicted octanol–water partition coefficient (Wildman–Crippen LogP) is -3.44. The molecule has 3 aromatic carbocycles. The van der Waals surface area contributed by atoms with Crippen molar-refractivity contribution >= 4 is 76.6 Å². The van der Waals surface area contributed by atoms with Crippen LogP contribution in [0.4, 0.5) is 5.69 Å². The molecular weight excluding hydrogens is 1210 g/mol. The van der Waals surface area contributed by atoms with Gasteiger partial charge in [-0.2, -0.15) is 0 Å². The van der Waals surface area contributed by atoms with Crippen molar-refractivity contribution in [2.45, 2.75) is 138 Å². The lowest BCUT2D eigenvalue weighted by molar-refractivity contribution is -0.433. The molecule has 8 rings (SSSR count). The number of nitrogens with zero attached hydrogens (tertiary/aromatic N) is 5. The van der Waals surface area contributed by atoms with Gasteiger partial charge in [0.25, 0.3) is 18.2 Å². The van der Waals surface area contributed by atoms with Crippen molar-refractivity contribution in [2.24, 2.45) is 11.7 Å². The third-order valence-corrected chi connectivity index (χ3v) is 17.1. The number of aliphatic hydroxyl groups is 8. The van der Waals surface area contributed by atoms with Gasteiger partial charge in [-0.1, -0.05) is 45.8 Å². The summed E-state index contributed by atoms with van der Waals surface area (Å²) < 4.78 is 9.18. The monoisotopic (exact) mass is 1280 g/mol. The fourth-order valence-corrected chi connectivity index (χ4v) is 12.0. The normalized spacial score (nSPS) is 27.4. The van der Waals surface area contributed by atoms with Crippen molar-refractivity contribution in [2.75, 3.05) is 31.1 Å². The van der Waals surface area contributed by atoms with E-state index in [1.165, 1.54) is 36.8 Å². The van der Waals surface area contributed by atoms with E-state index in [1.807, 2.05) is 29.6 Å². The van der Waals surface area contributed by atoms with Crippen LogP contribution in [-0.2, 0) is 42.9 Å². The van der Waals surface area contributed by atoms with Gasteiger partial charge in [0, 0.05) is 67.3 Å². The van der Waals surface area contributed by atoms with E-state index in [9.17, 15) is 84.3 Å². The number of amides is 8. The second-order valence-corrected chi connectivity index (χ2v) is 23.5. The summed E-state index contributed by atoms with van der Waals surface area (Å²) in [6, 6.07) is 3.95. The summed E-state index contributed by atoms with van der Waals surface area (Å²) in [6.07, 6.45) is -16.2. The molecule has 0 spiro atoms. The molecule has 5 heterocycles. The van der Waals surface area contributed by atoms with E-state index in [1.54, 1.807) is 12.1 Å². The predicted molar refractivity (Wildman–Crippen MR) is 309 cm³/mol. The average molecular weight is 1280 g/mol. The number of benzene rings is 3. The fourth-order valence-electron chi connectivity index (χ4n) is 10.9. The highest BCUT2D eigenvalue weighted by Gasteiger charge is 2.51. The first kappa shape index (κ1) is 67.2. The molecule has 8 amide bonds. The Morgan fingerprint density at radius 3 is 2.01 bits per heavy atom. The maximum atomic E-state index is 14.7. The number of aliphatic hydroxyl groups excluding tert-OH is 8. The Balaban J connectivity index is 1.11. The van der Waals surface area contributed by atoms with Crippen LogP contribution < -0.4 is 41.4 Å². The number of aromatic nitrogens is 2. The molecule has 4 aliphatic heterocycles. The third kappa shape index (κ3) is 16.0. The van der Waals surface area contributed by atoms with Crippen molar-refractivity contribution < 1.29 is 103 Å². The number of phenolic OH excluding ortho intramolecular Hbond substituents is 1. The maximum Gasteiger partial charge on any atom is 0.261 e. The topological polar surface area (TPSA) is 488 Å². The smallest absolute Gasteiger partial charge is 0.261 e. The Morgan fingerprint density at radius 2 is 1.38 bits per heavy atom. The minimum absolute atomic E-state index is 0.0341. The van der Waals surface area contributed by atoms with Crippen molar-refractivity contribution in [1.29, 1.82) is 0 Å². The zero-order chi connectivity index (χ0) is 64.5.